The van der Waals surface area contributed by atoms with Gasteiger partial charge in [0.2, 0.25) is 15.7 Å². The highest BCUT2D eigenvalue weighted by Gasteiger charge is 2.09. The highest BCUT2D eigenvalue weighted by Crippen LogP contribution is 2.10. The number of rotatable bonds is 8. The molecule has 0 spiro atoms. The first kappa shape index (κ1) is 28.3. The van der Waals surface area contributed by atoms with Gasteiger partial charge in [-0.15, -0.1) is 0 Å². The fourth-order valence-electron chi connectivity index (χ4n) is 1.88. The third-order valence-electron chi connectivity index (χ3n) is 3.69. The second kappa shape index (κ2) is 17.2. The van der Waals surface area contributed by atoms with Gasteiger partial charge >= 0.3 is 0 Å². The molecular formula is C21H31Cl3O3. The van der Waals surface area contributed by atoms with Crippen LogP contribution in [-0.4, -0.2) is 15.7 Å². The molecule has 0 fully saturated rings. The minimum absolute atomic E-state index is 0.0802. The molecule has 154 valence electrons. The molecule has 0 aliphatic carbocycles. The van der Waals surface area contributed by atoms with Crippen LogP contribution in [0.5, 0.6) is 0 Å². The Balaban J connectivity index is 0. The highest BCUT2D eigenvalue weighted by atomic mass is 35.5. The molecule has 1 aromatic rings. The van der Waals surface area contributed by atoms with Crippen molar-refractivity contribution < 1.29 is 14.4 Å². The van der Waals surface area contributed by atoms with E-state index in [0.717, 1.165) is 24.8 Å². The van der Waals surface area contributed by atoms with Crippen LogP contribution in [0.1, 0.15) is 64.5 Å². The van der Waals surface area contributed by atoms with Crippen LogP contribution in [-0.2, 0) is 20.8 Å². The Morgan fingerprint density at radius 3 is 1.59 bits per heavy atom. The van der Waals surface area contributed by atoms with Crippen molar-refractivity contribution in [2.24, 2.45) is 11.8 Å². The van der Waals surface area contributed by atoms with Crippen LogP contribution in [0.4, 0.5) is 0 Å². The van der Waals surface area contributed by atoms with Gasteiger partial charge < -0.3 is 0 Å². The molecule has 0 aliphatic heterocycles. The summed E-state index contributed by atoms with van der Waals surface area (Å²) in [6.07, 6.45) is 3.46. The normalized spacial score (nSPS) is 9.85. The Kier molecular flexibility index (Phi) is 18.1. The van der Waals surface area contributed by atoms with E-state index in [1.165, 1.54) is 5.56 Å². The molecule has 0 radical (unpaired) electrons. The molecule has 0 amide bonds. The Morgan fingerprint density at radius 1 is 0.889 bits per heavy atom. The molecule has 0 aliphatic rings. The number of carbonyl (C=O) groups excluding carboxylic acids is 3. The predicted octanol–water partition coefficient (Wildman–Crippen LogP) is 6.68. The topological polar surface area (TPSA) is 51.2 Å². The Bertz CT molecular complexity index is 550. The van der Waals surface area contributed by atoms with Crippen molar-refractivity contribution in [3.63, 3.8) is 0 Å². The van der Waals surface area contributed by atoms with Gasteiger partial charge in [0.1, 0.15) is 0 Å². The van der Waals surface area contributed by atoms with Gasteiger partial charge in [0.15, 0.2) is 0 Å². The molecule has 0 saturated heterocycles. The van der Waals surface area contributed by atoms with Gasteiger partial charge in [-0.1, -0.05) is 57.5 Å². The van der Waals surface area contributed by atoms with Crippen molar-refractivity contribution in [1.82, 2.24) is 0 Å². The maximum atomic E-state index is 10.5. The van der Waals surface area contributed by atoms with Gasteiger partial charge in [-0.05, 0) is 72.5 Å². The average molecular weight is 438 g/mol. The standard InChI is InChI=1S/C9H9ClO.2C6H11ClO/c1-7-2-4-8(5-3-7)6-9(10)11;1-5(2)3-4-6(7)8;1-3-5(4-2)6(7)8/h2-5H,6H2,1H3;2*5H,3-4H2,1-2H3. The fraction of sp³-hybridized carbons (Fsp3) is 0.571. The van der Waals surface area contributed by atoms with E-state index >= 15 is 0 Å². The van der Waals surface area contributed by atoms with E-state index in [2.05, 4.69) is 13.8 Å². The van der Waals surface area contributed by atoms with Crippen LogP contribution in [0.3, 0.4) is 0 Å². The summed E-state index contributed by atoms with van der Waals surface area (Å²) in [5.74, 6) is 0.661. The minimum atomic E-state index is -0.311. The monoisotopic (exact) mass is 436 g/mol. The van der Waals surface area contributed by atoms with Crippen molar-refractivity contribution in [1.29, 1.82) is 0 Å². The number of carbonyl (C=O) groups is 3. The van der Waals surface area contributed by atoms with Crippen LogP contribution < -0.4 is 0 Å². The van der Waals surface area contributed by atoms with E-state index < -0.39 is 0 Å². The lowest BCUT2D eigenvalue weighted by Crippen LogP contribution is -2.04. The summed E-state index contributed by atoms with van der Waals surface area (Å²) >= 11 is 15.5. The fourth-order valence-corrected chi connectivity index (χ4v) is 2.45. The van der Waals surface area contributed by atoms with Gasteiger partial charge in [0, 0.05) is 18.8 Å². The van der Waals surface area contributed by atoms with Crippen molar-refractivity contribution in [2.75, 3.05) is 0 Å². The summed E-state index contributed by atoms with van der Waals surface area (Å²) < 4.78 is 0. The van der Waals surface area contributed by atoms with Gasteiger partial charge in [0.05, 0.1) is 0 Å². The lowest BCUT2D eigenvalue weighted by atomic mass is 10.1. The van der Waals surface area contributed by atoms with E-state index in [1.54, 1.807) is 0 Å². The molecule has 3 nitrogen and oxygen atoms in total. The lowest BCUT2D eigenvalue weighted by Gasteiger charge is -2.02. The SMILES string of the molecule is CC(C)CCC(=O)Cl.CCC(CC)C(=O)Cl.Cc1ccc(CC(=O)Cl)cc1. The molecule has 0 saturated carbocycles. The molecule has 0 unspecified atom stereocenters. The second-order valence-electron chi connectivity index (χ2n) is 6.62. The van der Waals surface area contributed by atoms with E-state index in [1.807, 2.05) is 45.0 Å². The highest BCUT2D eigenvalue weighted by molar-refractivity contribution is 6.64. The van der Waals surface area contributed by atoms with Crippen molar-refractivity contribution in [3.8, 4) is 0 Å². The Hall–Kier alpha value is -0.900. The van der Waals surface area contributed by atoms with Gasteiger partial charge in [-0.2, -0.15) is 0 Å². The Labute approximate surface area is 178 Å². The van der Waals surface area contributed by atoms with E-state index in [9.17, 15) is 14.4 Å². The third-order valence-corrected chi connectivity index (χ3v) is 4.32. The van der Waals surface area contributed by atoms with E-state index in [4.69, 9.17) is 34.8 Å². The molecular weight excluding hydrogens is 407 g/mol. The Morgan fingerprint density at radius 2 is 1.37 bits per heavy atom. The molecule has 1 aromatic carbocycles. The summed E-state index contributed by atoms with van der Waals surface area (Å²) in [6.45, 7) is 10.1. The summed E-state index contributed by atoms with van der Waals surface area (Å²) in [7, 11) is 0. The first-order valence-corrected chi connectivity index (χ1v) is 10.3. The zero-order valence-corrected chi connectivity index (χ0v) is 19.1. The molecule has 0 atom stereocenters. The lowest BCUT2D eigenvalue weighted by molar-refractivity contribution is -0.115. The van der Waals surface area contributed by atoms with Crippen LogP contribution in [0, 0.1) is 18.8 Å². The van der Waals surface area contributed by atoms with Crippen LogP contribution in [0.15, 0.2) is 24.3 Å². The summed E-state index contributed by atoms with van der Waals surface area (Å²) in [4.78, 5) is 30.9. The van der Waals surface area contributed by atoms with Crippen LogP contribution >= 0.6 is 34.8 Å². The predicted molar refractivity (Wildman–Crippen MR) is 116 cm³/mol. The largest absolute Gasteiger partial charge is 0.281 e. The number of benzene rings is 1. The van der Waals surface area contributed by atoms with Gasteiger partial charge in [-0.3, -0.25) is 14.4 Å². The first-order valence-electron chi connectivity index (χ1n) is 9.14. The second-order valence-corrected chi connectivity index (χ2v) is 7.84. The summed E-state index contributed by atoms with van der Waals surface area (Å²) in [6, 6.07) is 7.76. The summed E-state index contributed by atoms with van der Waals surface area (Å²) in [5.41, 5.74) is 2.16. The molecule has 1 rings (SSSR count). The van der Waals surface area contributed by atoms with Crippen molar-refractivity contribution in [3.05, 3.63) is 35.4 Å². The van der Waals surface area contributed by atoms with E-state index in [0.29, 0.717) is 18.8 Å². The van der Waals surface area contributed by atoms with E-state index in [-0.39, 0.29) is 21.6 Å². The number of hydrogen-bond acceptors (Lipinski definition) is 3. The number of hydrogen-bond donors (Lipinski definition) is 0. The van der Waals surface area contributed by atoms with Crippen molar-refractivity contribution >= 4 is 50.5 Å². The molecule has 0 N–H and O–H groups in total. The zero-order chi connectivity index (χ0) is 21.4. The average Bonchev–Trinajstić information content (AvgIpc) is 2.57. The molecule has 27 heavy (non-hydrogen) atoms. The van der Waals surface area contributed by atoms with Crippen molar-refractivity contribution in [2.45, 2.75) is 66.7 Å². The quantitative estimate of drug-likeness (QED) is 0.426. The van der Waals surface area contributed by atoms with Gasteiger partial charge in [0.25, 0.3) is 0 Å². The molecule has 0 bridgehead atoms. The maximum Gasteiger partial charge on any atom is 0.226 e. The van der Waals surface area contributed by atoms with Crippen LogP contribution in [0.25, 0.3) is 0 Å². The molecule has 6 heteroatoms. The number of aryl methyl sites for hydroxylation is 1. The first-order chi connectivity index (χ1) is 12.5. The van der Waals surface area contributed by atoms with Crippen LogP contribution in [0.2, 0.25) is 0 Å². The smallest absolute Gasteiger partial charge is 0.226 e. The maximum absolute atomic E-state index is 10.5. The molecule has 0 aromatic heterocycles. The molecule has 0 heterocycles. The number of halogens is 3. The third kappa shape index (κ3) is 19.7. The summed E-state index contributed by atoms with van der Waals surface area (Å²) in [5, 5.41) is -0.734. The zero-order valence-electron chi connectivity index (χ0n) is 16.9. The van der Waals surface area contributed by atoms with Gasteiger partial charge in [-0.25, -0.2) is 0 Å². The minimum Gasteiger partial charge on any atom is -0.281 e.